The molecule has 17 heavy (non-hydrogen) atoms. The van der Waals surface area contributed by atoms with Crippen LogP contribution in [0.3, 0.4) is 0 Å². The molecule has 3 atom stereocenters. The topological polar surface area (TPSA) is 32.3 Å². The second-order valence-electron chi connectivity index (χ2n) is 4.89. The Labute approximate surface area is 99.4 Å². The zero-order valence-electron chi connectivity index (χ0n) is 10.6. The van der Waals surface area contributed by atoms with Crippen molar-refractivity contribution in [2.75, 3.05) is 0 Å². The lowest BCUT2D eigenvalue weighted by Gasteiger charge is -2.29. The number of nitrogens with one attached hydrogen (secondary N) is 1. The quantitative estimate of drug-likeness (QED) is 0.835. The molecule has 3 unspecified atom stereocenters. The van der Waals surface area contributed by atoms with Crippen molar-refractivity contribution in [3.8, 4) is 0 Å². The van der Waals surface area contributed by atoms with Crippen LogP contribution in [0, 0.1) is 0 Å². The van der Waals surface area contributed by atoms with E-state index in [1.165, 1.54) is 11.8 Å². The van der Waals surface area contributed by atoms with Crippen molar-refractivity contribution < 1.29 is 18.0 Å². The fourth-order valence-electron chi connectivity index (χ4n) is 2.32. The molecule has 3 nitrogen and oxygen atoms in total. The summed E-state index contributed by atoms with van der Waals surface area (Å²) >= 11 is 0. The molecule has 0 saturated carbocycles. The first-order chi connectivity index (χ1) is 7.60. The van der Waals surface area contributed by atoms with Gasteiger partial charge in [0.25, 0.3) is 0 Å². The maximum absolute atomic E-state index is 12.3. The molecule has 0 bridgehead atoms. The first kappa shape index (κ1) is 14.3. The molecular formula is C11H19F3N2O. The number of hydrogen-bond donors (Lipinski definition) is 1. The lowest BCUT2D eigenvalue weighted by molar-refractivity contribution is -0.153. The van der Waals surface area contributed by atoms with Crippen LogP contribution in [-0.2, 0) is 4.79 Å². The van der Waals surface area contributed by atoms with Crippen LogP contribution in [0.1, 0.15) is 40.5 Å². The number of carbonyl (C=O) groups is 1. The maximum Gasteiger partial charge on any atom is 0.391 e. The molecule has 1 rings (SSSR count). The number of hydrogen-bond acceptors (Lipinski definition) is 2. The molecule has 0 aromatic rings. The molecule has 0 radical (unpaired) electrons. The van der Waals surface area contributed by atoms with Gasteiger partial charge >= 0.3 is 6.18 Å². The number of halogens is 3. The van der Waals surface area contributed by atoms with Gasteiger partial charge in [0, 0.05) is 6.04 Å². The molecular weight excluding hydrogens is 233 g/mol. The van der Waals surface area contributed by atoms with Crippen LogP contribution in [0.15, 0.2) is 0 Å². The van der Waals surface area contributed by atoms with Gasteiger partial charge in [0.1, 0.15) is 0 Å². The molecule has 0 aliphatic carbocycles. The molecule has 1 fully saturated rings. The summed E-state index contributed by atoms with van der Waals surface area (Å²) in [5, 5.41) is 3.06. The Balaban J connectivity index is 2.82. The van der Waals surface area contributed by atoms with Gasteiger partial charge in [-0.1, -0.05) is 6.92 Å². The minimum absolute atomic E-state index is 0.246. The van der Waals surface area contributed by atoms with E-state index in [-0.39, 0.29) is 12.1 Å². The summed E-state index contributed by atoms with van der Waals surface area (Å²) < 4.78 is 37.0. The fourth-order valence-corrected chi connectivity index (χ4v) is 2.32. The van der Waals surface area contributed by atoms with E-state index in [0.29, 0.717) is 6.42 Å². The van der Waals surface area contributed by atoms with Crippen LogP contribution in [0.4, 0.5) is 13.2 Å². The third kappa shape index (κ3) is 2.91. The number of rotatable bonds is 3. The van der Waals surface area contributed by atoms with E-state index in [4.69, 9.17) is 0 Å². The zero-order chi connectivity index (χ0) is 13.4. The summed E-state index contributed by atoms with van der Waals surface area (Å²) in [7, 11) is 0. The van der Waals surface area contributed by atoms with Crippen LogP contribution in [0.25, 0.3) is 0 Å². The lowest BCUT2D eigenvalue weighted by Crippen LogP contribution is -2.45. The molecule has 0 spiro atoms. The summed E-state index contributed by atoms with van der Waals surface area (Å²) in [6.45, 7) is 6.72. The highest BCUT2D eigenvalue weighted by molar-refractivity contribution is 5.88. The SMILES string of the molecule is CCC1(C)NC(C)N(C(C)CC(F)(F)F)C1=O. The molecule has 1 aliphatic rings. The summed E-state index contributed by atoms with van der Waals surface area (Å²) in [6.07, 6.45) is -5.01. The largest absolute Gasteiger partial charge is 0.391 e. The van der Waals surface area contributed by atoms with Gasteiger partial charge < -0.3 is 4.90 Å². The summed E-state index contributed by atoms with van der Waals surface area (Å²) in [6, 6.07) is -0.835. The highest BCUT2D eigenvalue weighted by Crippen LogP contribution is 2.30. The number of nitrogens with zero attached hydrogens (tertiary/aromatic N) is 1. The van der Waals surface area contributed by atoms with Crippen molar-refractivity contribution in [3.05, 3.63) is 0 Å². The van der Waals surface area contributed by atoms with Gasteiger partial charge in [-0.3, -0.25) is 10.1 Å². The standard InChI is InChI=1S/C11H19F3N2O/c1-5-10(4)9(17)16(8(3)15-10)7(2)6-11(12,13)14/h7-8,15H,5-6H2,1-4H3. The third-order valence-corrected chi connectivity index (χ3v) is 3.36. The first-order valence-corrected chi connectivity index (χ1v) is 5.78. The van der Waals surface area contributed by atoms with E-state index in [9.17, 15) is 18.0 Å². The van der Waals surface area contributed by atoms with Gasteiger partial charge in [-0.15, -0.1) is 0 Å². The Morgan fingerprint density at radius 2 is 2.06 bits per heavy atom. The first-order valence-electron chi connectivity index (χ1n) is 5.78. The fraction of sp³-hybridized carbons (Fsp3) is 0.909. The molecule has 1 heterocycles. The second-order valence-corrected chi connectivity index (χ2v) is 4.89. The Morgan fingerprint density at radius 3 is 2.41 bits per heavy atom. The Bertz CT molecular complexity index is 306. The number of alkyl halides is 3. The Kier molecular flexibility index (Phi) is 3.76. The van der Waals surface area contributed by atoms with Crippen LogP contribution in [-0.4, -0.2) is 34.7 Å². The maximum atomic E-state index is 12.3. The van der Waals surface area contributed by atoms with Crippen molar-refractivity contribution in [3.63, 3.8) is 0 Å². The lowest BCUT2D eigenvalue weighted by atomic mass is 9.99. The minimum Gasteiger partial charge on any atom is -0.323 e. The zero-order valence-corrected chi connectivity index (χ0v) is 10.6. The van der Waals surface area contributed by atoms with Crippen LogP contribution >= 0.6 is 0 Å². The summed E-state index contributed by atoms with van der Waals surface area (Å²) in [5.41, 5.74) is -0.737. The normalized spacial score (nSPS) is 32.1. The van der Waals surface area contributed by atoms with Crippen LogP contribution in [0.5, 0.6) is 0 Å². The van der Waals surface area contributed by atoms with Gasteiger partial charge in [-0.25, -0.2) is 0 Å². The monoisotopic (exact) mass is 252 g/mol. The molecule has 0 aromatic heterocycles. The van der Waals surface area contributed by atoms with E-state index >= 15 is 0 Å². The highest BCUT2D eigenvalue weighted by Gasteiger charge is 2.48. The second kappa shape index (κ2) is 4.48. The van der Waals surface area contributed by atoms with Crippen molar-refractivity contribution in [2.45, 2.75) is 64.5 Å². The van der Waals surface area contributed by atoms with E-state index in [1.54, 1.807) is 13.8 Å². The smallest absolute Gasteiger partial charge is 0.323 e. The average Bonchev–Trinajstić information content (AvgIpc) is 2.35. The van der Waals surface area contributed by atoms with Gasteiger partial charge in [0.15, 0.2) is 0 Å². The van der Waals surface area contributed by atoms with Gasteiger partial charge in [-0.2, -0.15) is 13.2 Å². The molecule has 1 aliphatic heterocycles. The van der Waals surface area contributed by atoms with Crippen LogP contribution in [0.2, 0.25) is 0 Å². The van der Waals surface area contributed by atoms with Gasteiger partial charge in [-0.05, 0) is 27.2 Å². The molecule has 1 amide bonds. The third-order valence-electron chi connectivity index (χ3n) is 3.36. The molecule has 1 N–H and O–H groups in total. The van der Waals surface area contributed by atoms with Crippen molar-refractivity contribution in [1.29, 1.82) is 0 Å². The average molecular weight is 252 g/mol. The Hall–Kier alpha value is -0.780. The summed E-state index contributed by atoms with van der Waals surface area (Å²) in [4.78, 5) is 13.4. The number of carbonyl (C=O) groups excluding carboxylic acids is 1. The Morgan fingerprint density at radius 1 is 1.53 bits per heavy atom. The minimum atomic E-state index is -4.25. The van der Waals surface area contributed by atoms with Crippen molar-refractivity contribution in [2.24, 2.45) is 0 Å². The number of amides is 1. The van der Waals surface area contributed by atoms with E-state index in [1.807, 2.05) is 6.92 Å². The molecule has 6 heteroatoms. The van der Waals surface area contributed by atoms with E-state index in [2.05, 4.69) is 5.32 Å². The highest BCUT2D eigenvalue weighted by atomic mass is 19.4. The van der Waals surface area contributed by atoms with E-state index < -0.39 is 24.2 Å². The van der Waals surface area contributed by atoms with E-state index in [0.717, 1.165) is 0 Å². The van der Waals surface area contributed by atoms with Crippen LogP contribution < -0.4 is 5.32 Å². The van der Waals surface area contributed by atoms with Crippen molar-refractivity contribution in [1.82, 2.24) is 10.2 Å². The predicted octanol–water partition coefficient (Wildman–Crippen LogP) is 2.27. The van der Waals surface area contributed by atoms with Crippen molar-refractivity contribution >= 4 is 5.91 Å². The molecule has 0 aromatic carbocycles. The predicted molar refractivity (Wildman–Crippen MR) is 58.3 cm³/mol. The van der Waals surface area contributed by atoms with Gasteiger partial charge in [0.05, 0.1) is 18.1 Å². The molecule has 1 saturated heterocycles. The molecule has 100 valence electrons. The summed E-state index contributed by atoms with van der Waals surface area (Å²) in [5.74, 6) is -0.246. The van der Waals surface area contributed by atoms with Gasteiger partial charge in [0.2, 0.25) is 5.91 Å².